The quantitative estimate of drug-likeness (QED) is 0.567. The smallest absolute Gasteiger partial charge is 0.262 e. The Morgan fingerprint density at radius 3 is 2.85 bits per heavy atom. The molecule has 0 bridgehead atoms. The van der Waals surface area contributed by atoms with Crippen molar-refractivity contribution in [2.75, 3.05) is 6.79 Å². The first-order chi connectivity index (χ1) is 12.7. The zero-order valence-electron chi connectivity index (χ0n) is 14.1. The fraction of sp³-hybridized carbons (Fsp3) is 0.368. The van der Waals surface area contributed by atoms with Crippen LogP contribution in [0, 0.1) is 0 Å². The van der Waals surface area contributed by atoms with E-state index in [9.17, 15) is 4.79 Å². The third-order valence-corrected chi connectivity index (χ3v) is 7.01. The highest BCUT2D eigenvalue weighted by atomic mass is 79.9. The van der Waals surface area contributed by atoms with Gasteiger partial charge < -0.3 is 9.47 Å². The molecule has 5 rings (SSSR count). The molecule has 0 saturated heterocycles. The van der Waals surface area contributed by atoms with Crippen LogP contribution >= 0.6 is 27.3 Å². The summed E-state index contributed by atoms with van der Waals surface area (Å²) < 4.78 is 13.5. The van der Waals surface area contributed by atoms with Crippen molar-refractivity contribution in [2.45, 2.75) is 38.6 Å². The molecule has 0 spiro atoms. The van der Waals surface area contributed by atoms with E-state index in [1.165, 1.54) is 23.3 Å². The fourth-order valence-electron chi connectivity index (χ4n) is 3.73. The van der Waals surface area contributed by atoms with Crippen LogP contribution in [0.3, 0.4) is 0 Å². The normalized spacial score (nSPS) is 15.9. The molecule has 0 N–H and O–H groups in total. The standard InChI is InChI=1S/C19H17BrN2O3S/c20-13-7-15-14(24-10-25-15)6-11(13)8-22-9-21-18-17(19(22)23)12-4-2-1-3-5-16(12)26-18/h6-7,9H,1-5,8,10H2. The molecule has 26 heavy (non-hydrogen) atoms. The van der Waals surface area contributed by atoms with Gasteiger partial charge in [-0.3, -0.25) is 9.36 Å². The zero-order valence-corrected chi connectivity index (χ0v) is 16.5. The van der Waals surface area contributed by atoms with Crippen LogP contribution in [-0.4, -0.2) is 16.3 Å². The molecule has 0 fully saturated rings. The topological polar surface area (TPSA) is 53.4 Å². The highest BCUT2D eigenvalue weighted by Crippen LogP contribution is 2.37. The summed E-state index contributed by atoms with van der Waals surface area (Å²) in [7, 11) is 0. The summed E-state index contributed by atoms with van der Waals surface area (Å²) in [5.74, 6) is 1.44. The summed E-state index contributed by atoms with van der Waals surface area (Å²) in [5.41, 5.74) is 2.26. The van der Waals surface area contributed by atoms with Crippen LogP contribution in [0.15, 0.2) is 27.7 Å². The third kappa shape index (κ3) is 2.65. The average Bonchev–Trinajstić information content (AvgIpc) is 3.15. The third-order valence-electron chi connectivity index (χ3n) is 5.07. The predicted molar refractivity (Wildman–Crippen MR) is 105 cm³/mol. The number of aromatic nitrogens is 2. The van der Waals surface area contributed by atoms with Gasteiger partial charge in [-0.1, -0.05) is 22.4 Å². The second-order valence-corrected chi connectivity index (χ2v) is 8.66. The Morgan fingerprint density at radius 1 is 1.15 bits per heavy atom. The van der Waals surface area contributed by atoms with Gasteiger partial charge in [-0.25, -0.2) is 4.98 Å². The van der Waals surface area contributed by atoms with Gasteiger partial charge >= 0.3 is 0 Å². The van der Waals surface area contributed by atoms with E-state index in [2.05, 4.69) is 20.9 Å². The Kier molecular flexibility index (Phi) is 4.01. The lowest BCUT2D eigenvalue weighted by Crippen LogP contribution is -2.21. The first-order valence-electron chi connectivity index (χ1n) is 8.78. The second-order valence-electron chi connectivity index (χ2n) is 6.72. The Labute approximate surface area is 162 Å². The zero-order chi connectivity index (χ0) is 17.7. The van der Waals surface area contributed by atoms with Crippen LogP contribution in [-0.2, 0) is 19.4 Å². The van der Waals surface area contributed by atoms with Crippen molar-refractivity contribution in [1.29, 1.82) is 0 Å². The van der Waals surface area contributed by atoms with Crippen molar-refractivity contribution in [1.82, 2.24) is 9.55 Å². The van der Waals surface area contributed by atoms with E-state index in [1.807, 2.05) is 12.1 Å². The first kappa shape index (κ1) is 16.3. The highest BCUT2D eigenvalue weighted by molar-refractivity contribution is 9.10. The van der Waals surface area contributed by atoms with Gasteiger partial charge in [-0.2, -0.15) is 0 Å². The predicted octanol–water partition coefficient (Wildman–Crippen LogP) is 4.27. The fourth-order valence-corrected chi connectivity index (χ4v) is 5.40. The number of hydrogen-bond acceptors (Lipinski definition) is 5. The van der Waals surface area contributed by atoms with Crippen LogP contribution in [0.5, 0.6) is 11.5 Å². The van der Waals surface area contributed by atoms with Crippen molar-refractivity contribution >= 4 is 37.5 Å². The summed E-state index contributed by atoms with van der Waals surface area (Å²) in [4.78, 5) is 20.0. The molecule has 0 unspecified atom stereocenters. The summed E-state index contributed by atoms with van der Waals surface area (Å²) in [6, 6.07) is 3.82. The van der Waals surface area contributed by atoms with E-state index in [-0.39, 0.29) is 12.4 Å². The molecule has 1 aromatic carbocycles. The number of halogens is 1. The number of rotatable bonds is 2. The lowest BCUT2D eigenvalue weighted by atomic mass is 10.1. The summed E-state index contributed by atoms with van der Waals surface area (Å²) >= 11 is 5.27. The summed E-state index contributed by atoms with van der Waals surface area (Å²) in [5, 5.41) is 0.825. The van der Waals surface area contributed by atoms with Gasteiger partial charge in [-0.15, -0.1) is 11.3 Å². The summed E-state index contributed by atoms with van der Waals surface area (Å²) in [6.07, 6.45) is 7.32. The number of fused-ring (bicyclic) bond motifs is 4. The van der Waals surface area contributed by atoms with Gasteiger partial charge in [0, 0.05) is 9.35 Å². The largest absolute Gasteiger partial charge is 0.454 e. The number of benzene rings is 1. The molecule has 0 radical (unpaired) electrons. The average molecular weight is 433 g/mol. The molecule has 3 aromatic rings. The Balaban J connectivity index is 1.59. The molecule has 1 aliphatic carbocycles. The van der Waals surface area contributed by atoms with Crippen molar-refractivity contribution in [3.05, 3.63) is 49.3 Å². The summed E-state index contributed by atoms with van der Waals surface area (Å²) in [6.45, 7) is 0.684. The number of aryl methyl sites for hydroxylation is 2. The molecule has 0 amide bonds. The molecule has 0 saturated carbocycles. The molecule has 7 heteroatoms. The highest BCUT2D eigenvalue weighted by Gasteiger charge is 2.20. The Hall–Kier alpha value is -1.86. The van der Waals surface area contributed by atoms with E-state index in [1.54, 1.807) is 22.2 Å². The minimum absolute atomic E-state index is 0.0546. The molecular formula is C19H17BrN2O3S. The van der Waals surface area contributed by atoms with Crippen LogP contribution in [0.25, 0.3) is 10.2 Å². The van der Waals surface area contributed by atoms with E-state index in [0.29, 0.717) is 6.54 Å². The molecule has 1 aliphatic heterocycles. The van der Waals surface area contributed by atoms with Crippen molar-refractivity contribution in [3.63, 3.8) is 0 Å². The van der Waals surface area contributed by atoms with Crippen molar-refractivity contribution in [2.24, 2.45) is 0 Å². The van der Waals surface area contributed by atoms with Crippen LogP contribution < -0.4 is 15.0 Å². The van der Waals surface area contributed by atoms with E-state index >= 15 is 0 Å². The minimum Gasteiger partial charge on any atom is -0.454 e. The molecule has 2 aromatic heterocycles. The van der Waals surface area contributed by atoms with Gasteiger partial charge in [0.2, 0.25) is 6.79 Å². The first-order valence-corrected chi connectivity index (χ1v) is 10.4. The number of nitrogens with zero attached hydrogens (tertiary/aromatic N) is 2. The number of thiophene rings is 1. The van der Waals surface area contributed by atoms with Crippen LogP contribution in [0.4, 0.5) is 0 Å². The van der Waals surface area contributed by atoms with Crippen molar-refractivity contribution < 1.29 is 9.47 Å². The molecule has 0 atom stereocenters. The van der Waals surface area contributed by atoms with Crippen LogP contribution in [0.1, 0.15) is 35.3 Å². The SMILES string of the molecule is O=c1c2c3c(sc2ncn1Cc1cc2c(cc1Br)OCO2)CCCCC3. The van der Waals surface area contributed by atoms with Gasteiger partial charge in [-0.05, 0) is 48.9 Å². The van der Waals surface area contributed by atoms with E-state index < -0.39 is 0 Å². The molecule has 2 aliphatic rings. The minimum atomic E-state index is 0.0546. The maximum absolute atomic E-state index is 13.2. The van der Waals surface area contributed by atoms with Gasteiger partial charge in [0.05, 0.1) is 18.3 Å². The Bertz CT molecular complexity index is 1070. The van der Waals surface area contributed by atoms with E-state index in [0.717, 1.165) is 51.0 Å². The van der Waals surface area contributed by atoms with Gasteiger partial charge in [0.25, 0.3) is 5.56 Å². The van der Waals surface area contributed by atoms with Gasteiger partial charge in [0.15, 0.2) is 11.5 Å². The van der Waals surface area contributed by atoms with Gasteiger partial charge in [0.1, 0.15) is 4.83 Å². The second kappa shape index (κ2) is 6.39. The van der Waals surface area contributed by atoms with Crippen molar-refractivity contribution in [3.8, 4) is 11.5 Å². The maximum Gasteiger partial charge on any atom is 0.262 e. The maximum atomic E-state index is 13.2. The monoisotopic (exact) mass is 432 g/mol. The molecule has 134 valence electrons. The lowest BCUT2D eigenvalue weighted by molar-refractivity contribution is 0.174. The molecule has 5 nitrogen and oxygen atoms in total. The Morgan fingerprint density at radius 2 is 1.96 bits per heavy atom. The van der Waals surface area contributed by atoms with Crippen LogP contribution in [0.2, 0.25) is 0 Å². The van der Waals surface area contributed by atoms with E-state index in [4.69, 9.17) is 9.47 Å². The number of hydrogen-bond donors (Lipinski definition) is 0. The molecular weight excluding hydrogens is 416 g/mol. The number of ether oxygens (including phenoxy) is 2. The molecule has 3 heterocycles. The lowest BCUT2D eigenvalue weighted by Gasteiger charge is -2.09.